The van der Waals surface area contributed by atoms with Crippen molar-refractivity contribution in [1.82, 2.24) is 10.3 Å². The maximum Gasteiger partial charge on any atom is 0.257 e. The van der Waals surface area contributed by atoms with Crippen LogP contribution in [0, 0.1) is 0 Å². The van der Waals surface area contributed by atoms with E-state index in [9.17, 15) is 22.8 Å². The number of aromatic nitrogens is 1. The van der Waals surface area contributed by atoms with Crippen molar-refractivity contribution >= 4 is 44.6 Å². The molecule has 0 saturated heterocycles. The summed E-state index contributed by atoms with van der Waals surface area (Å²) < 4.78 is 26.2. The Hall–Kier alpha value is -4.35. The molecule has 180 valence electrons. The zero-order valence-corrected chi connectivity index (χ0v) is 20.2. The summed E-state index contributed by atoms with van der Waals surface area (Å²) in [7, 11) is -3.95. The molecule has 4 aromatic rings. The topological polar surface area (TPSA) is 148 Å². The van der Waals surface area contributed by atoms with Crippen LogP contribution in [-0.2, 0) is 16.4 Å². The van der Waals surface area contributed by atoms with Crippen LogP contribution in [0.4, 0.5) is 5.69 Å². The number of hydrogen-bond acceptors (Lipinski definition) is 7. The van der Waals surface area contributed by atoms with Crippen LogP contribution in [0.15, 0.2) is 82.7 Å². The highest BCUT2D eigenvalue weighted by molar-refractivity contribution is 7.91. The van der Waals surface area contributed by atoms with Gasteiger partial charge in [-0.2, -0.15) is 0 Å². The van der Waals surface area contributed by atoms with Crippen molar-refractivity contribution in [2.75, 3.05) is 5.32 Å². The van der Waals surface area contributed by atoms with Crippen LogP contribution in [0.25, 0.3) is 10.6 Å². The van der Waals surface area contributed by atoms with Gasteiger partial charge in [-0.05, 0) is 42.5 Å². The molecule has 9 nitrogen and oxygen atoms in total. The second kappa shape index (κ2) is 9.02. The molecule has 36 heavy (non-hydrogen) atoms. The summed E-state index contributed by atoms with van der Waals surface area (Å²) in [5, 5.41) is 6.04. The average molecular weight is 519 g/mol. The van der Waals surface area contributed by atoms with Gasteiger partial charge in [0.25, 0.3) is 11.8 Å². The molecule has 2 heterocycles. The lowest BCUT2D eigenvalue weighted by Crippen LogP contribution is -2.22. The summed E-state index contributed by atoms with van der Waals surface area (Å²) in [5.74, 6) is -1.55. The Morgan fingerprint density at radius 1 is 0.972 bits per heavy atom. The fourth-order valence-electron chi connectivity index (χ4n) is 3.80. The monoisotopic (exact) mass is 518 g/mol. The number of nitrogens with one attached hydrogen (secondary N) is 2. The molecule has 0 spiro atoms. The Morgan fingerprint density at radius 2 is 1.78 bits per heavy atom. The highest BCUT2D eigenvalue weighted by atomic mass is 32.2. The molecule has 11 heteroatoms. The summed E-state index contributed by atoms with van der Waals surface area (Å²) in [6.45, 7) is 0.180. The van der Waals surface area contributed by atoms with Crippen LogP contribution in [-0.4, -0.2) is 31.1 Å². The number of fused-ring (bicyclic) bond motifs is 2. The van der Waals surface area contributed by atoms with Crippen LogP contribution < -0.4 is 16.4 Å². The minimum absolute atomic E-state index is 0.0401. The number of anilines is 1. The van der Waals surface area contributed by atoms with Crippen LogP contribution in [0.2, 0.25) is 0 Å². The van der Waals surface area contributed by atoms with Gasteiger partial charge in [0.1, 0.15) is 5.01 Å². The predicted octanol–water partition coefficient (Wildman–Crippen LogP) is 3.24. The number of rotatable bonds is 5. The van der Waals surface area contributed by atoms with E-state index < -0.39 is 27.6 Å². The lowest BCUT2D eigenvalue weighted by molar-refractivity contribution is 0.0948. The number of amides is 3. The molecule has 1 aliphatic heterocycles. The van der Waals surface area contributed by atoms with E-state index in [0.29, 0.717) is 10.6 Å². The van der Waals surface area contributed by atoms with E-state index in [0.717, 1.165) is 10.4 Å². The fraction of sp³-hybridized carbons (Fsp3) is 0.0400. The normalized spacial score (nSPS) is 13.6. The Morgan fingerprint density at radius 3 is 2.58 bits per heavy atom. The van der Waals surface area contributed by atoms with E-state index in [4.69, 9.17) is 5.73 Å². The summed E-state index contributed by atoms with van der Waals surface area (Å²) in [6, 6.07) is 16.8. The molecule has 0 bridgehead atoms. The van der Waals surface area contributed by atoms with E-state index in [1.54, 1.807) is 36.5 Å². The third-order valence-electron chi connectivity index (χ3n) is 5.57. The molecule has 5 rings (SSSR count). The van der Waals surface area contributed by atoms with Gasteiger partial charge in [-0.3, -0.25) is 14.4 Å². The van der Waals surface area contributed by atoms with Gasteiger partial charge in [0.2, 0.25) is 15.7 Å². The average Bonchev–Trinajstić information content (AvgIpc) is 3.33. The molecular formula is C25H18N4O5S2. The number of nitrogens with two attached hydrogens (primary N) is 1. The van der Waals surface area contributed by atoms with Gasteiger partial charge in [-0.1, -0.05) is 24.3 Å². The number of carbonyl (C=O) groups is 3. The third-order valence-corrected chi connectivity index (χ3v) is 8.49. The first-order valence-corrected chi connectivity index (χ1v) is 13.0. The zero-order chi connectivity index (χ0) is 25.4. The van der Waals surface area contributed by atoms with Crippen molar-refractivity contribution in [3.05, 3.63) is 94.5 Å². The number of thiazole rings is 1. The maximum absolute atomic E-state index is 13.1. The number of hydrogen-bond donors (Lipinski definition) is 3. The molecule has 0 unspecified atom stereocenters. The smallest absolute Gasteiger partial charge is 0.257 e. The highest BCUT2D eigenvalue weighted by Crippen LogP contribution is 2.34. The van der Waals surface area contributed by atoms with Crippen molar-refractivity contribution in [3.63, 3.8) is 0 Å². The lowest BCUT2D eigenvalue weighted by atomic mass is 10.1. The van der Waals surface area contributed by atoms with Gasteiger partial charge in [0.15, 0.2) is 0 Å². The first-order valence-electron chi connectivity index (χ1n) is 10.7. The molecule has 4 N–H and O–H groups in total. The van der Waals surface area contributed by atoms with E-state index in [1.165, 1.54) is 41.7 Å². The Balaban J connectivity index is 1.34. The molecule has 0 atom stereocenters. The summed E-state index contributed by atoms with van der Waals surface area (Å²) in [6.07, 6.45) is 1.62. The van der Waals surface area contributed by atoms with Crippen molar-refractivity contribution in [3.8, 4) is 10.6 Å². The van der Waals surface area contributed by atoms with E-state index in [1.807, 2.05) is 6.07 Å². The number of benzene rings is 3. The van der Waals surface area contributed by atoms with Gasteiger partial charge in [-0.15, -0.1) is 11.3 Å². The van der Waals surface area contributed by atoms with Gasteiger partial charge in [-0.25, -0.2) is 13.4 Å². The Labute approximate surface area is 209 Å². The Kier molecular flexibility index (Phi) is 5.86. The minimum Gasteiger partial charge on any atom is -0.366 e. The maximum atomic E-state index is 13.1. The molecule has 0 aliphatic carbocycles. The van der Waals surface area contributed by atoms with Crippen LogP contribution in [0.1, 0.15) is 36.0 Å². The van der Waals surface area contributed by atoms with Crippen LogP contribution >= 0.6 is 11.3 Å². The molecule has 0 saturated carbocycles. The largest absolute Gasteiger partial charge is 0.366 e. The first kappa shape index (κ1) is 23.4. The van der Waals surface area contributed by atoms with E-state index in [2.05, 4.69) is 15.6 Å². The molecular weight excluding hydrogens is 500 g/mol. The molecule has 1 aliphatic rings. The number of sulfone groups is 1. The first-order chi connectivity index (χ1) is 17.2. The van der Waals surface area contributed by atoms with Crippen molar-refractivity contribution < 1.29 is 22.8 Å². The fourth-order valence-corrected chi connectivity index (χ4v) is 6.24. The highest BCUT2D eigenvalue weighted by Gasteiger charge is 2.31. The molecule has 3 aromatic carbocycles. The Bertz CT molecular complexity index is 1660. The van der Waals surface area contributed by atoms with Gasteiger partial charge < -0.3 is 16.4 Å². The van der Waals surface area contributed by atoms with Crippen molar-refractivity contribution in [2.24, 2.45) is 5.73 Å². The molecule has 0 fully saturated rings. The molecule has 0 radical (unpaired) electrons. The van der Waals surface area contributed by atoms with Gasteiger partial charge >= 0.3 is 0 Å². The van der Waals surface area contributed by atoms with Gasteiger partial charge in [0, 0.05) is 27.8 Å². The van der Waals surface area contributed by atoms with Gasteiger partial charge in [0.05, 0.1) is 27.6 Å². The zero-order valence-electron chi connectivity index (χ0n) is 18.5. The van der Waals surface area contributed by atoms with Crippen LogP contribution in [0.3, 0.4) is 0 Å². The summed E-state index contributed by atoms with van der Waals surface area (Å²) in [4.78, 5) is 41.8. The summed E-state index contributed by atoms with van der Waals surface area (Å²) in [5.41, 5.74) is 6.72. The van der Waals surface area contributed by atoms with E-state index >= 15 is 0 Å². The second-order valence-corrected chi connectivity index (χ2v) is 10.9. The number of carbonyl (C=O) groups excluding carboxylic acids is 3. The van der Waals surface area contributed by atoms with Crippen LogP contribution in [0.5, 0.6) is 0 Å². The summed E-state index contributed by atoms with van der Waals surface area (Å²) >= 11 is 1.35. The SMILES string of the molecule is NC(=O)c1cccc(-c2ncc(CNC(=O)c3ccc4c(c3)NC(=O)c3ccccc3S4(=O)=O)s2)c1. The van der Waals surface area contributed by atoms with Crippen molar-refractivity contribution in [1.29, 1.82) is 0 Å². The minimum atomic E-state index is -3.95. The predicted molar refractivity (Wildman–Crippen MR) is 134 cm³/mol. The third kappa shape index (κ3) is 4.25. The molecule has 3 amide bonds. The lowest BCUT2D eigenvalue weighted by Gasteiger charge is -2.10. The van der Waals surface area contributed by atoms with Crippen molar-refractivity contribution in [2.45, 2.75) is 16.3 Å². The molecule has 1 aromatic heterocycles. The standard InChI is InChI=1S/C25H18N4O5S2/c26-22(30)14-4-3-5-16(10-14)25-28-13-17(35-25)12-27-23(31)15-8-9-21-19(11-15)29-24(32)18-6-1-2-7-20(18)36(21,33)34/h1-11,13H,12H2,(H2,26,30)(H,27,31)(H,29,32). The number of nitrogens with zero attached hydrogens (tertiary/aromatic N) is 1. The quantitative estimate of drug-likeness (QED) is 0.369. The second-order valence-electron chi connectivity index (χ2n) is 7.92. The van der Waals surface area contributed by atoms with E-state index in [-0.39, 0.29) is 33.2 Å². The number of primary amides is 1.